The van der Waals surface area contributed by atoms with E-state index in [9.17, 15) is 4.79 Å². The lowest BCUT2D eigenvalue weighted by molar-refractivity contribution is -0.129. The zero-order valence-electron chi connectivity index (χ0n) is 12.6. The van der Waals surface area contributed by atoms with Gasteiger partial charge in [-0.1, -0.05) is 72.8 Å². The maximum absolute atomic E-state index is 11.8. The molecule has 0 aliphatic rings. The Morgan fingerprint density at radius 3 is 2.52 bits per heavy atom. The molecular formula is C20H17NO2. The molecule has 0 unspecified atom stereocenters. The molecule has 0 aliphatic carbocycles. The lowest BCUT2D eigenvalue weighted by atomic mass is 10.0. The fourth-order valence-corrected chi connectivity index (χ4v) is 2.36. The summed E-state index contributed by atoms with van der Waals surface area (Å²) in [5, 5.41) is 2.26. The van der Waals surface area contributed by atoms with Gasteiger partial charge in [0.2, 0.25) is 0 Å². The van der Waals surface area contributed by atoms with Crippen LogP contribution in [0.3, 0.4) is 0 Å². The van der Waals surface area contributed by atoms with Crippen molar-refractivity contribution in [3.63, 3.8) is 0 Å². The Bertz CT molecular complexity index is 820. The highest BCUT2D eigenvalue weighted by Crippen LogP contribution is 2.19. The van der Waals surface area contributed by atoms with Crippen LogP contribution >= 0.6 is 0 Å². The maximum Gasteiger partial charge on any atom is 0.267 e. The molecule has 0 bridgehead atoms. The Hall–Kier alpha value is -2.91. The molecular weight excluding hydrogens is 286 g/mol. The van der Waals surface area contributed by atoms with E-state index < -0.39 is 0 Å². The van der Waals surface area contributed by atoms with Crippen molar-refractivity contribution in [2.24, 2.45) is 0 Å². The lowest BCUT2D eigenvalue weighted by Gasteiger charge is -2.04. The second kappa shape index (κ2) is 7.38. The molecule has 0 saturated carbocycles. The normalized spacial score (nSPS) is 11.0. The molecule has 1 N–H and O–H groups in total. The summed E-state index contributed by atoms with van der Waals surface area (Å²) in [6, 6.07) is 23.8. The highest BCUT2D eigenvalue weighted by atomic mass is 16.6. The molecule has 3 aromatic rings. The molecule has 0 fully saturated rings. The van der Waals surface area contributed by atoms with E-state index in [4.69, 9.17) is 4.84 Å². The molecule has 0 heterocycles. The van der Waals surface area contributed by atoms with E-state index in [1.54, 1.807) is 6.08 Å². The third kappa shape index (κ3) is 4.05. The van der Waals surface area contributed by atoms with E-state index in [1.807, 2.05) is 60.7 Å². The van der Waals surface area contributed by atoms with Crippen molar-refractivity contribution < 1.29 is 9.63 Å². The van der Waals surface area contributed by atoms with Gasteiger partial charge < -0.3 is 0 Å². The average molecular weight is 303 g/mol. The molecule has 3 nitrogen and oxygen atoms in total. The van der Waals surface area contributed by atoms with Gasteiger partial charge in [0.05, 0.1) is 6.61 Å². The summed E-state index contributed by atoms with van der Waals surface area (Å²) in [6.45, 7) is 0.342. The van der Waals surface area contributed by atoms with Crippen LogP contribution < -0.4 is 5.48 Å². The van der Waals surface area contributed by atoms with Crippen LogP contribution in [0, 0.1) is 0 Å². The molecule has 0 atom stereocenters. The molecule has 3 aromatic carbocycles. The number of hydroxylamine groups is 1. The van der Waals surface area contributed by atoms with Gasteiger partial charge in [0.25, 0.3) is 5.91 Å². The first-order chi connectivity index (χ1) is 11.3. The number of carbonyl (C=O) groups excluding carboxylic acids is 1. The Balaban J connectivity index is 1.59. The summed E-state index contributed by atoms with van der Waals surface area (Å²) in [4.78, 5) is 17.0. The molecule has 0 aromatic heterocycles. The van der Waals surface area contributed by atoms with E-state index in [1.165, 1.54) is 6.08 Å². The van der Waals surface area contributed by atoms with Gasteiger partial charge in [-0.2, -0.15) is 0 Å². The zero-order chi connectivity index (χ0) is 15.9. The number of nitrogens with one attached hydrogen (secondary N) is 1. The number of hydrogen-bond acceptors (Lipinski definition) is 2. The van der Waals surface area contributed by atoms with Gasteiger partial charge in [-0.3, -0.25) is 9.63 Å². The molecule has 0 saturated heterocycles. The summed E-state index contributed by atoms with van der Waals surface area (Å²) in [5.41, 5.74) is 4.43. The highest BCUT2D eigenvalue weighted by molar-refractivity contribution is 5.96. The Labute approximate surface area is 135 Å². The summed E-state index contributed by atoms with van der Waals surface area (Å²) >= 11 is 0. The minimum absolute atomic E-state index is 0.283. The molecule has 1 amide bonds. The monoisotopic (exact) mass is 303 g/mol. The summed E-state index contributed by atoms with van der Waals surface area (Å²) < 4.78 is 0. The van der Waals surface area contributed by atoms with Crippen molar-refractivity contribution in [2.45, 2.75) is 6.61 Å². The van der Waals surface area contributed by atoms with Crippen LogP contribution in [0.2, 0.25) is 0 Å². The topological polar surface area (TPSA) is 38.3 Å². The number of benzene rings is 3. The molecule has 3 rings (SSSR count). The van der Waals surface area contributed by atoms with Gasteiger partial charge in [-0.25, -0.2) is 5.48 Å². The number of hydrogen-bond donors (Lipinski definition) is 1. The minimum atomic E-state index is -0.283. The minimum Gasteiger partial charge on any atom is -0.269 e. The number of carbonyl (C=O) groups is 1. The summed E-state index contributed by atoms with van der Waals surface area (Å²) in [7, 11) is 0. The van der Waals surface area contributed by atoms with Crippen LogP contribution in [0.4, 0.5) is 0 Å². The molecule has 3 heteroatoms. The van der Waals surface area contributed by atoms with Gasteiger partial charge in [0.1, 0.15) is 0 Å². The number of amides is 1. The Morgan fingerprint density at radius 2 is 1.65 bits per heavy atom. The third-order valence-corrected chi connectivity index (χ3v) is 3.49. The standard InChI is InChI=1S/C20H17NO2/c22-20(21-23-15-16-7-2-1-3-8-16)14-13-18-11-6-10-17-9-4-5-12-19(17)18/h1-14H,15H2,(H,21,22)/b14-13+. The van der Waals surface area contributed by atoms with Gasteiger partial charge in [-0.15, -0.1) is 0 Å². The van der Waals surface area contributed by atoms with Crippen molar-refractivity contribution in [1.29, 1.82) is 0 Å². The molecule has 23 heavy (non-hydrogen) atoms. The second-order valence-electron chi connectivity index (χ2n) is 5.14. The van der Waals surface area contributed by atoms with Crippen LogP contribution in [0.15, 0.2) is 78.9 Å². The van der Waals surface area contributed by atoms with Gasteiger partial charge in [-0.05, 0) is 28.0 Å². The second-order valence-corrected chi connectivity index (χ2v) is 5.14. The Morgan fingerprint density at radius 1 is 0.913 bits per heavy atom. The number of fused-ring (bicyclic) bond motifs is 1. The van der Waals surface area contributed by atoms with E-state index in [0.29, 0.717) is 6.61 Å². The molecule has 0 spiro atoms. The SMILES string of the molecule is O=C(/C=C/c1cccc2ccccc12)NOCc1ccccc1. The van der Waals surface area contributed by atoms with Crippen molar-refractivity contribution in [2.75, 3.05) is 0 Å². The van der Waals surface area contributed by atoms with Crippen LogP contribution in [0.1, 0.15) is 11.1 Å². The molecule has 0 radical (unpaired) electrons. The first-order valence-electron chi connectivity index (χ1n) is 7.44. The maximum atomic E-state index is 11.8. The van der Waals surface area contributed by atoms with E-state index in [-0.39, 0.29) is 5.91 Å². The first-order valence-corrected chi connectivity index (χ1v) is 7.44. The van der Waals surface area contributed by atoms with E-state index in [0.717, 1.165) is 21.9 Å². The average Bonchev–Trinajstić information content (AvgIpc) is 2.61. The molecule has 0 aliphatic heterocycles. The van der Waals surface area contributed by atoms with Gasteiger partial charge in [0, 0.05) is 6.08 Å². The Kier molecular flexibility index (Phi) is 4.82. The fourth-order valence-electron chi connectivity index (χ4n) is 2.36. The predicted molar refractivity (Wildman–Crippen MR) is 92.4 cm³/mol. The van der Waals surface area contributed by atoms with Gasteiger partial charge in [0.15, 0.2) is 0 Å². The van der Waals surface area contributed by atoms with E-state index >= 15 is 0 Å². The first kappa shape index (κ1) is 15.0. The largest absolute Gasteiger partial charge is 0.269 e. The summed E-state index contributed by atoms with van der Waals surface area (Å²) in [5.74, 6) is -0.283. The van der Waals surface area contributed by atoms with Crippen LogP contribution in [0.25, 0.3) is 16.8 Å². The van der Waals surface area contributed by atoms with Crippen LogP contribution in [-0.4, -0.2) is 5.91 Å². The fraction of sp³-hybridized carbons (Fsp3) is 0.0500. The smallest absolute Gasteiger partial charge is 0.267 e. The van der Waals surface area contributed by atoms with Crippen molar-refractivity contribution in [1.82, 2.24) is 5.48 Å². The summed E-state index contributed by atoms with van der Waals surface area (Å²) in [6.07, 6.45) is 3.27. The van der Waals surface area contributed by atoms with Crippen molar-refractivity contribution >= 4 is 22.8 Å². The van der Waals surface area contributed by atoms with Crippen molar-refractivity contribution in [3.8, 4) is 0 Å². The lowest BCUT2D eigenvalue weighted by Crippen LogP contribution is -2.21. The van der Waals surface area contributed by atoms with Crippen LogP contribution in [-0.2, 0) is 16.2 Å². The van der Waals surface area contributed by atoms with E-state index in [2.05, 4.69) is 17.6 Å². The van der Waals surface area contributed by atoms with Crippen LogP contribution in [0.5, 0.6) is 0 Å². The van der Waals surface area contributed by atoms with Crippen molar-refractivity contribution in [3.05, 3.63) is 90.0 Å². The predicted octanol–water partition coefficient (Wildman–Crippen LogP) is 4.10. The highest BCUT2D eigenvalue weighted by Gasteiger charge is 1.99. The van der Waals surface area contributed by atoms with Gasteiger partial charge >= 0.3 is 0 Å². The molecule has 114 valence electrons. The number of rotatable bonds is 5. The zero-order valence-corrected chi connectivity index (χ0v) is 12.6. The third-order valence-electron chi connectivity index (χ3n) is 3.49. The quantitative estimate of drug-likeness (QED) is 0.569.